The molecule has 1 N–H and O–H groups in total. The average Bonchev–Trinajstić information content (AvgIpc) is 2.46. The molecule has 0 fully saturated rings. The second-order valence-corrected chi connectivity index (χ2v) is 5.51. The number of halogens is 1. The van der Waals surface area contributed by atoms with E-state index < -0.39 is 0 Å². The van der Waals surface area contributed by atoms with Gasteiger partial charge in [0, 0.05) is 35.4 Å². The minimum atomic E-state index is -0.195. The molecule has 0 aliphatic heterocycles. The van der Waals surface area contributed by atoms with Gasteiger partial charge in [0.2, 0.25) is 5.91 Å². The van der Waals surface area contributed by atoms with Crippen LogP contribution in [-0.2, 0) is 4.79 Å². The maximum atomic E-state index is 12.2. The minimum absolute atomic E-state index is 0.0644. The van der Waals surface area contributed by atoms with Crippen LogP contribution in [-0.4, -0.2) is 18.9 Å². The Hall–Kier alpha value is -2.14. The zero-order valence-corrected chi connectivity index (χ0v) is 13.3. The first-order valence-electron chi connectivity index (χ1n) is 6.38. The van der Waals surface area contributed by atoms with Crippen LogP contribution in [0.15, 0.2) is 53.0 Å². The third kappa shape index (κ3) is 3.92. The number of hydrogen-bond acceptors (Lipinski definition) is 2. The van der Waals surface area contributed by atoms with Gasteiger partial charge in [0.1, 0.15) is 0 Å². The average molecular weight is 347 g/mol. The third-order valence-electron chi connectivity index (χ3n) is 3.05. The van der Waals surface area contributed by atoms with E-state index in [4.69, 9.17) is 0 Å². The summed E-state index contributed by atoms with van der Waals surface area (Å²) in [6, 6.07) is 14.3. The van der Waals surface area contributed by atoms with Crippen LogP contribution in [0.3, 0.4) is 0 Å². The van der Waals surface area contributed by atoms with Crippen LogP contribution in [0.4, 0.5) is 11.4 Å². The van der Waals surface area contributed by atoms with Crippen molar-refractivity contribution in [1.29, 1.82) is 0 Å². The predicted molar refractivity (Wildman–Crippen MR) is 87.6 cm³/mol. The highest BCUT2D eigenvalue weighted by molar-refractivity contribution is 9.10. The summed E-state index contributed by atoms with van der Waals surface area (Å²) in [5.74, 6) is -0.260. The fourth-order valence-electron chi connectivity index (χ4n) is 1.81. The van der Waals surface area contributed by atoms with Crippen molar-refractivity contribution in [2.75, 3.05) is 17.3 Å². The molecule has 0 aliphatic rings. The van der Waals surface area contributed by atoms with Crippen molar-refractivity contribution in [2.45, 2.75) is 6.92 Å². The second kappa shape index (κ2) is 6.54. The van der Waals surface area contributed by atoms with E-state index >= 15 is 0 Å². The van der Waals surface area contributed by atoms with Crippen LogP contribution >= 0.6 is 15.9 Å². The Labute approximate surface area is 131 Å². The molecule has 21 heavy (non-hydrogen) atoms. The van der Waals surface area contributed by atoms with E-state index in [-0.39, 0.29) is 11.8 Å². The summed E-state index contributed by atoms with van der Waals surface area (Å²) in [6.07, 6.45) is 0. The van der Waals surface area contributed by atoms with Gasteiger partial charge < -0.3 is 10.2 Å². The van der Waals surface area contributed by atoms with Crippen LogP contribution in [0.2, 0.25) is 0 Å². The monoisotopic (exact) mass is 346 g/mol. The molecule has 5 heteroatoms. The highest BCUT2D eigenvalue weighted by atomic mass is 79.9. The molecule has 0 bridgehead atoms. The van der Waals surface area contributed by atoms with Crippen molar-refractivity contribution >= 4 is 39.1 Å². The van der Waals surface area contributed by atoms with Gasteiger partial charge in [-0.3, -0.25) is 9.59 Å². The molecular formula is C16H15BrN2O2. The van der Waals surface area contributed by atoms with Crippen LogP contribution in [0.5, 0.6) is 0 Å². The number of benzene rings is 2. The van der Waals surface area contributed by atoms with E-state index in [1.807, 2.05) is 12.1 Å². The molecule has 0 atom stereocenters. The highest BCUT2D eigenvalue weighted by Gasteiger charge is 2.09. The molecule has 0 unspecified atom stereocenters. The minimum Gasteiger partial charge on any atom is -0.322 e. The fraction of sp³-hybridized carbons (Fsp3) is 0.125. The summed E-state index contributed by atoms with van der Waals surface area (Å²) >= 11 is 3.34. The Kier molecular flexibility index (Phi) is 4.75. The number of anilines is 2. The van der Waals surface area contributed by atoms with E-state index in [2.05, 4.69) is 21.2 Å². The van der Waals surface area contributed by atoms with Crippen LogP contribution in [0.1, 0.15) is 17.3 Å². The van der Waals surface area contributed by atoms with Crippen molar-refractivity contribution in [1.82, 2.24) is 0 Å². The van der Waals surface area contributed by atoms with E-state index in [1.54, 1.807) is 43.4 Å². The largest absolute Gasteiger partial charge is 0.322 e. The summed E-state index contributed by atoms with van der Waals surface area (Å²) in [5.41, 5.74) is 1.94. The van der Waals surface area contributed by atoms with Crippen molar-refractivity contribution in [3.05, 3.63) is 58.6 Å². The van der Waals surface area contributed by atoms with E-state index in [9.17, 15) is 9.59 Å². The summed E-state index contributed by atoms with van der Waals surface area (Å²) in [4.78, 5) is 25.1. The van der Waals surface area contributed by atoms with Gasteiger partial charge in [-0.2, -0.15) is 0 Å². The molecule has 0 aromatic heterocycles. The zero-order valence-electron chi connectivity index (χ0n) is 11.8. The van der Waals surface area contributed by atoms with Crippen molar-refractivity contribution in [3.63, 3.8) is 0 Å². The first kappa shape index (κ1) is 15.3. The topological polar surface area (TPSA) is 49.4 Å². The quantitative estimate of drug-likeness (QED) is 0.921. The molecule has 0 aliphatic carbocycles. The summed E-state index contributed by atoms with van der Waals surface area (Å²) in [7, 11) is 1.69. The van der Waals surface area contributed by atoms with Gasteiger partial charge in [0.25, 0.3) is 5.91 Å². The second-order valence-electron chi connectivity index (χ2n) is 4.59. The van der Waals surface area contributed by atoms with Crippen molar-refractivity contribution in [2.24, 2.45) is 0 Å². The Morgan fingerprint density at radius 2 is 1.81 bits per heavy atom. The van der Waals surface area contributed by atoms with Crippen LogP contribution < -0.4 is 10.2 Å². The smallest absolute Gasteiger partial charge is 0.255 e. The lowest BCUT2D eigenvalue weighted by Gasteiger charge is -2.16. The highest BCUT2D eigenvalue weighted by Crippen LogP contribution is 2.20. The fourth-order valence-corrected chi connectivity index (χ4v) is 2.21. The molecule has 2 aromatic carbocycles. The van der Waals surface area contributed by atoms with Crippen molar-refractivity contribution in [3.8, 4) is 0 Å². The summed E-state index contributed by atoms with van der Waals surface area (Å²) < 4.78 is 0.847. The number of amides is 2. The van der Waals surface area contributed by atoms with Crippen molar-refractivity contribution < 1.29 is 9.59 Å². The molecule has 0 saturated carbocycles. The van der Waals surface area contributed by atoms with Gasteiger partial charge in [-0.25, -0.2) is 0 Å². The molecule has 0 spiro atoms. The number of carbonyl (C=O) groups is 2. The van der Waals surface area contributed by atoms with Gasteiger partial charge in [0.15, 0.2) is 0 Å². The molecule has 108 valence electrons. The Morgan fingerprint density at radius 1 is 1.10 bits per heavy atom. The molecule has 2 rings (SSSR count). The van der Waals surface area contributed by atoms with Gasteiger partial charge in [-0.15, -0.1) is 0 Å². The van der Waals surface area contributed by atoms with E-state index in [1.165, 1.54) is 11.8 Å². The van der Waals surface area contributed by atoms with Gasteiger partial charge in [-0.05, 0) is 36.4 Å². The maximum Gasteiger partial charge on any atom is 0.255 e. The first-order chi connectivity index (χ1) is 9.97. The predicted octanol–water partition coefficient (Wildman–Crippen LogP) is 3.68. The van der Waals surface area contributed by atoms with Gasteiger partial charge in [-0.1, -0.05) is 28.1 Å². The standard InChI is InChI=1S/C16H15BrN2O2/c1-11(20)19(2)15-8-4-7-14(10-15)18-16(21)12-5-3-6-13(17)9-12/h3-10H,1-2H3,(H,18,21). The lowest BCUT2D eigenvalue weighted by Crippen LogP contribution is -2.23. The SMILES string of the molecule is CC(=O)N(C)c1cccc(NC(=O)c2cccc(Br)c2)c1. The Balaban J connectivity index is 2.18. The normalized spacial score (nSPS) is 10.0. The third-order valence-corrected chi connectivity index (χ3v) is 3.54. The maximum absolute atomic E-state index is 12.2. The molecular weight excluding hydrogens is 332 g/mol. The Morgan fingerprint density at radius 3 is 2.48 bits per heavy atom. The molecule has 2 aromatic rings. The van der Waals surface area contributed by atoms with Crippen LogP contribution in [0, 0.1) is 0 Å². The first-order valence-corrected chi connectivity index (χ1v) is 7.18. The molecule has 4 nitrogen and oxygen atoms in total. The summed E-state index contributed by atoms with van der Waals surface area (Å²) in [5, 5.41) is 2.82. The Bertz CT molecular complexity index is 685. The number of rotatable bonds is 3. The number of carbonyl (C=O) groups excluding carboxylic acids is 2. The molecule has 0 radical (unpaired) electrons. The van der Waals surface area contributed by atoms with E-state index in [0.29, 0.717) is 11.3 Å². The zero-order chi connectivity index (χ0) is 15.4. The summed E-state index contributed by atoms with van der Waals surface area (Å²) in [6.45, 7) is 1.49. The lowest BCUT2D eigenvalue weighted by molar-refractivity contribution is -0.116. The van der Waals surface area contributed by atoms with Gasteiger partial charge >= 0.3 is 0 Å². The molecule has 2 amide bonds. The lowest BCUT2D eigenvalue weighted by atomic mass is 10.2. The number of hydrogen-bond donors (Lipinski definition) is 1. The number of nitrogens with one attached hydrogen (secondary N) is 1. The molecule has 0 heterocycles. The molecule has 0 saturated heterocycles. The van der Waals surface area contributed by atoms with E-state index in [0.717, 1.165) is 10.2 Å². The van der Waals surface area contributed by atoms with Crippen LogP contribution in [0.25, 0.3) is 0 Å². The van der Waals surface area contributed by atoms with Gasteiger partial charge in [0.05, 0.1) is 0 Å². The number of nitrogens with zero attached hydrogens (tertiary/aromatic N) is 1.